The van der Waals surface area contributed by atoms with E-state index in [1.807, 2.05) is 11.8 Å². The fraction of sp³-hybridized carbons (Fsp3) is 0.0667. The van der Waals surface area contributed by atoms with E-state index in [9.17, 15) is 0 Å². The second kappa shape index (κ2) is 9.94. The molecule has 0 saturated heterocycles. The molecule has 10 rings (SSSR count). The summed E-state index contributed by atoms with van der Waals surface area (Å²) in [5, 5.41) is 5.26. The Bertz CT molecular complexity index is 2440. The fourth-order valence-electron chi connectivity index (χ4n) is 8.47. The van der Waals surface area contributed by atoms with Gasteiger partial charge in [0.05, 0.1) is 5.41 Å². The Kier molecular flexibility index (Phi) is 5.65. The van der Waals surface area contributed by atoms with E-state index in [2.05, 4.69) is 158 Å². The van der Waals surface area contributed by atoms with Gasteiger partial charge in [-0.15, -0.1) is 0 Å². The first kappa shape index (κ1) is 26.1. The third-order valence-electron chi connectivity index (χ3n) is 10.4. The van der Waals surface area contributed by atoms with E-state index < -0.39 is 0 Å². The molecule has 0 N–H and O–H groups in total. The van der Waals surface area contributed by atoms with E-state index in [1.54, 1.807) is 0 Å². The summed E-state index contributed by atoms with van der Waals surface area (Å²) in [4.78, 5) is 2.68. The summed E-state index contributed by atoms with van der Waals surface area (Å²) in [6.07, 6.45) is 6.87. The van der Waals surface area contributed by atoms with Crippen LogP contribution in [0.2, 0.25) is 0 Å². The minimum absolute atomic E-state index is 0.365. The van der Waals surface area contributed by atoms with Gasteiger partial charge in [0, 0.05) is 15.2 Å². The Morgan fingerprint density at radius 3 is 2.17 bits per heavy atom. The van der Waals surface area contributed by atoms with Gasteiger partial charge in [0.15, 0.2) is 0 Å². The van der Waals surface area contributed by atoms with Crippen molar-refractivity contribution in [1.82, 2.24) is 0 Å². The first-order valence-corrected chi connectivity index (χ1v) is 17.1. The monoisotopic (exact) mass is 602 g/mol. The average molecular weight is 603 g/mol. The number of hydrogen-bond acceptors (Lipinski definition) is 1. The van der Waals surface area contributed by atoms with E-state index in [4.69, 9.17) is 0 Å². The third kappa shape index (κ3) is 3.58. The van der Waals surface area contributed by atoms with Gasteiger partial charge in [0.1, 0.15) is 0 Å². The van der Waals surface area contributed by atoms with Crippen LogP contribution in [0.15, 0.2) is 173 Å². The standard InChI is InChI=1S/C45H30S/c1-2-16-33(17-3-1)45(40-22-8-6-19-36(40)39-27-30-12-4-5-13-31(30)28-41(39)45)34-18-10-15-32(26-34)35-25-24-29-14-11-21-38-37-20-7-9-23-42(37)46-44(35)43(29)38/h1-7,9-21,23-28H,8,22H2. The molecule has 2 aliphatic carbocycles. The lowest BCUT2D eigenvalue weighted by molar-refractivity contribution is 0.697. The average Bonchev–Trinajstić information content (AvgIpc) is 3.41. The Morgan fingerprint density at radius 1 is 0.522 bits per heavy atom. The first-order valence-electron chi connectivity index (χ1n) is 16.2. The summed E-state index contributed by atoms with van der Waals surface area (Å²) in [6, 6.07) is 54.8. The second-order valence-corrected chi connectivity index (χ2v) is 13.8. The fourth-order valence-corrected chi connectivity index (χ4v) is 9.75. The van der Waals surface area contributed by atoms with Gasteiger partial charge in [0.25, 0.3) is 0 Å². The maximum Gasteiger partial charge on any atom is 0.0677 e. The predicted molar refractivity (Wildman–Crippen MR) is 195 cm³/mol. The molecule has 3 aliphatic rings. The Morgan fingerprint density at radius 2 is 1.26 bits per heavy atom. The topological polar surface area (TPSA) is 0 Å². The zero-order chi connectivity index (χ0) is 30.2. The van der Waals surface area contributed by atoms with Crippen molar-refractivity contribution in [1.29, 1.82) is 0 Å². The molecule has 0 radical (unpaired) electrons. The van der Waals surface area contributed by atoms with Gasteiger partial charge in [-0.25, -0.2) is 0 Å². The maximum absolute atomic E-state index is 2.50. The molecule has 1 aliphatic heterocycles. The molecule has 216 valence electrons. The van der Waals surface area contributed by atoms with Crippen molar-refractivity contribution < 1.29 is 0 Å². The van der Waals surface area contributed by atoms with Gasteiger partial charge in [-0.2, -0.15) is 0 Å². The molecule has 1 heterocycles. The van der Waals surface area contributed by atoms with Crippen molar-refractivity contribution in [2.45, 2.75) is 28.0 Å². The van der Waals surface area contributed by atoms with Crippen LogP contribution < -0.4 is 0 Å². The van der Waals surface area contributed by atoms with Crippen LogP contribution in [0, 0.1) is 0 Å². The van der Waals surface area contributed by atoms with E-state index in [0.717, 1.165) is 12.8 Å². The summed E-state index contributed by atoms with van der Waals surface area (Å²) >= 11 is 1.92. The van der Waals surface area contributed by atoms with Crippen LogP contribution >= 0.6 is 11.8 Å². The molecule has 1 atom stereocenters. The molecule has 0 spiro atoms. The van der Waals surface area contributed by atoms with Crippen LogP contribution in [0.4, 0.5) is 0 Å². The van der Waals surface area contributed by atoms with E-state index in [-0.39, 0.29) is 5.41 Å². The Hall–Kier alpha value is -5.11. The van der Waals surface area contributed by atoms with Crippen LogP contribution in [-0.2, 0) is 5.41 Å². The first-order chi connectivity index (χ1) is 22.8. The van der Waals surface area contributed by atoms with Gasteiger partial charge >= 0.3 is 0 Å². The number of fused-ring (bicyclic) bond motifs is 5. The molecule has 0 fully saturated rings. The second-order valence-electron chi connectivity index (χ2n) is 12.7. The van der Waals surface area contributed by atoms with Crippen LogP contribution in [0.25, 0.3) is 49.4 Å². The molecule has 1 heteroatoms. The van der Waals surface area contributed by atoms with Crippen molar-refractivity contribution in [2.75, 3.05) is 0 Å². The summed E-state index contributed by atoms with van der Waals surface area (Å²) in [5.74, 6) is 0. The van der Waals surface area contributed by atoms with Crippen LogP contribution in [0.5, 0.6) is 0 Å². The number of hydrogen-bond donors (Lipinski definition) is 0. The zero-order valence-corrected chi connectivity index (χ0v) is 26.2. The van der Waals surface area contributed by atoms with Crippen molar-refractivity contribution in [3.05, 3.63) is 186 Å². The molecule has 7 aromatic carbocycles. The third-order valence-corrected chi connectivity index (χ3v) is 11.6. The van der Waals surface area contributed by atoms with Gasteiger partial charge in [-0.1, -0.05) is 145 Å². The van der Waals surface area contributed by atoms with Crippen LogP contribution in [-0.4, -0.2) is 0 Å². The highest BCUT2D eigenvalue weighted by Crippen LogP contribution is 2.58. The van der Waals surface area contributed by atoms with Crippen molar-refractivity contribution in [3.8, 4) is 22.3 Å². The van der Waals surface area contributed by atoms with E-state index >= 15 is 0 Å². The highest BCUT2D eigenvalue weighted by molar-refractivity contribution is 8.00. The molecule has 46 heavy (non-hydrogen) atoms. The van der Waals surface area contributed by atoms with E-state index in [1.165, 1.54) is 87.0 Å². The van der Waals surface area contributed by atoms with Gasteiger partial charge in [-0.05, 0) is 109 Å². The number of benzene rings is 7. The zero-order valence-electron chi connectivity index (χ0n) is 25.3. The number of rotatable bonds is 3. The molecule has 0 saturated carbocycles. The molecular weight excluding hydrogens is 573 g/mol. The molecule has 0 amide bonds. The predicted octanol–water partition coefficient (Wildman–Crippen LogP) is 12.2. The summed E-state index contributed by atoms with van der Waals surface area (Å²) < 4.78 is 0. The molecule has 1 unspecified atom stereocenters. The van der Waals surface area contributed by atoms with Crippen molar-refractivity contribution in [2.24, 2.45) is 0 Å². The van der Waals surface area contributed by atoms with Crippen molar-refractivity contribution >= 4 is 38.9 Å². The highest BCUT2D eigenvalue weighted by atomic mass is 32.2. The summed E-state index contributed by atoms with van der Waals surface area (Å²) in [5.41, 5.74) is 13.3. The van der Waals surface area contributed by atoms with Crippen LogP contribution in [0.1, 0.15) is 35.1 Å². The molecule has 7 aromatic rings. The number of allylic oxidation sites excluding steroid dienone is 4. The summed E-state index contributed by atoms with van der Waals surface area (Å²) in [7, 11) is 0. The summed E-state index contributed by atoms with van der Waals surface area (Å²) in [6.45, 7) is 0. The molecule has 0 bridgehead atoms. The molecule has 0 aromatic heterocycles. The largest absolute Gasteiger partial charge is 0.0881 e. The minimum atomic E-state index is -0.365. The lowest BCUT2D eigenvalue weighted by Gasteiger charge is -2.37. The molecular formula is C45H30S. The van der Waals surface area contributed by atoms with E-state index in [0.29, 0.717) is 0 Å². The van der Waals surface area contributed by atoms with Crippen molar-refractivity contribution in [3.63, 3.8) is 0 Å². The lowest BCUT2D eigenvalue weighted by atomic mass is 9.65. The smallest absolute Gasteiger partial charge is 0.0677 e. The SMILES string of the molecule is C1=CC2=C(CC1)C(c1ccccc1)(c1cccc(-c3ccc4cccc5c4c3Sc3ccccc3-5)c1)c1cc3ccccc3cc12. The highest BCUT2D eigenvalue weighted by Gasteiger charge is 2.47. The van der Waals surface area contributed by atoms with Gasteiger partial charge in [0.2, 0.25) is 0 Å². The Labute approximate surface area is 273 Å². The quantitative estimate of drug-likeness (QED) is 0.194. The van der Waals surface area contributed by atoms with Crippen LogP contribution in [0.3, 0.4) is 0 Å². The minimum Gasteiger partial charge on any atom is -0.0881 e. The normalized spacial score (nSPS) is 17.7. The maximum atomic E-state index is 2.50. The molecule has 0 nitrogen and oxygen atoms in total. The van der Waals surface area contributed by atoms with Gasteiger partial charge < -0.3 is 0 Å². The van der Waals surface area contributed by atoms with Gasteiger partial charge in [-0.3, -0.25) is 0 Å². The Balaban J connectivity index is 1.26. The lowest BCUT2D eigenvalue weighted by Crippen LogP contribution is -2.30.